The van der Waals surface area contributed by atoms with Crippen LogP contribution in [-0.4, -0.2) is 111 Å². The summed E-state index contributed by atoms with van der Waals surface area (Å²) in [7, 11) is 1.68. The molecular formula is C50H59IN2O15. The molecule has 68 heavy (non-hydrogen) atoms. The van der Waals surface area contributed by atoms with Crippen LogP contribution in [0.5, 0.6) is 0 Å². The number of nitrogens with zero attached hydrogens (tertiary/aromatic N) is 1. The number of halogens is 1. The molecule has 1 amide bonds. The van der Waals surface area contributed by atoms with Crippen LogP contribution in [0.2, 0.25) is 0 Å². The molecule has 7 rings (SSSR count). The van der Waals surface area contributed by atoms with Crippen molar-refractivity contribution < 1.29 is 101 Å². The van der Waals surface area contributed by atoms with Crippen LogP contribution in [0, 0.1) is 16.7 Å². The van der Waals surface area contributed by atoms with E-state index in [-0.39, 0.29) is 59.3 Å². The summed E-state index contributed by atoms with van der Waals surface area (Å²) in [5, 5.41) is 40.8. The molecule has 1 saturated heterocycles. The molecule has 1 unspecified atom stereocenters. The number of alkyl carbamates (subject to hydrolysis) is 1. The summed E-state index contributed by atoms with van der Waals surface area (Å²) in [6.07, 6.45) is -8.61. The van der Waals surface area contributed by atoms with Gasteiger partial charge in [0, 0.05) is 31.2 Å². The van der Waals surface area contributed by atoms with Gasteiger partial charge in [-0.05, 0) is 69.5 Å². The number of aliphatic hydroxyl groups excluding tert-OH is 2. The Hall–Kier alpha value is -5.28. The number of fused-ring (bicyclic) bond motifs is 5. The summed E-state index contributed by atoms with van der Waals surface area (Å²) < 4.78 is 37.8. The number of esters is 4. The molecule has 1 aliphatic heterocycles. The highest BCUT2D eigenvalue weighted by Crippen LogP contribution is 2.64. The van der Waals surface area contributed by atoms with Gasteiger partial charge < -0.3 is 73.0 Å². The van der Waals surface area contributed by atoms with Crippen LogP contribution in [-0.2, 0) is 49.9 Å². The van der Waals surface area contributed by atoms with Crippen LogP contribution >= 0.6 is 0 Å². The van der Waals surface area contributed by atoms with Crippen molar-refractivity contribution >= 4 is 35.8 Å². The number of benzene rings is 2. The van der Waals surface area contributed by atoms with E-state index in [2.05, 4.69) is 5.32 Å². The van der Waals surface area contributed by atoms with Gasteiger partial charge in [-0.3, -0.25) is 9.59 Å². The van der Waals surface area contributed by atoms with Crippen molar-refractivity contribution in [2.45, 2.75) is 128 Å². The second-order valence-electron chi connectivity index (χ2n) is 19.7. The van der Waals surface area contributed by atoms with Crippen LogP contribution in [0.15, 0.2) is 96.3 Å². The third-order valence-corrected chi connectivity index (χ3v) is 14.0. The van der Waals surface area contributed by atoms with Gasteiger partial charge in [0.05, 0.1) is 29.6 Å². The van der Waals surface area contributed by atoms with Crippen LogP contribution in [0.25, 0.3) is 0 Å². The fourth-order valence-corrected chi connectivity index (χ4v) is 10.6. The number of aryl methyl sites for hydroxylation is 1. The van der Waals surface area contributed by atoms with Crippen molar-refractivity contribution in [3.8, 4) is 0 Å². The SMILES string of the molecule is CC(=O)O[C@@]12CO[C@@H]1C[C@H](O)[C@@]1(C)C(=O)[C@H](O)C3=C(C)[C@@H](OC(=O)[C@H](OC(=O)c4ccc[n+](C)c4)[C@@H](NC(=O)OC(C)(C)C)c4ccccc4)C[C@@](O)([C@@H](OC(=O)c4ccccc4)C12)C3(C)C.[I-]. The van der Waals surface area contributed by atoms with Gasteiger partial charge >= 0.3 is 30.0 Å². The number of rotatable bonds is 10. The zero-order chi connectivity index (χ0) is 49.0. The summed E-state index contributed by atoms with van der Waals surface area (Å²) in [6.45, 7) is 11.7. The highest BCUT2D eigenvalue weighted by Gasteiger charge is 2.78. The molecule has 3 fully saturated rings. The molecule has 17 nitrogen and oxygen atoms in total. The first-order valence-corrected chi connectivity index (χ1v) is 22.2. The van der Waals surface area contributed by atoms with Crippen LogP contribution in [0.3, 0.4) is 0 Å². The van der Waals surface area contributed by atoms with E-state index in [0.717, 1.165) is 6.92 Å². The Kier molecular flexibility index (Phi) is 14.7. The van der Waals surface area contributed by atoms with Crippen LogP contribution in [0.4, 0.5) is 4.79 Å². The first-order chi connectivity index (χ1) is 31.4. The van der Waals surface area contributed by atoms with E-state index < -0.39 is 118 Å². The Labute approximate surface area is 411 Å². The predicted octanol–water partition coefficient (Wildman–Crippen LogP) is 0.953. The summed E-state index contributed by atoms with van der Waals surface area (Å²) in [5.41, 5.74) is -8.49. The number of aromatic nitrogens is 1. The average molecular weight is 1050 g/mol. The monoisotopic (exact) mass is 1050 g/mol. The van der Waals surface area contributed by atoms with Gasteiger partial charge in [0.15, 0.2) is 23.8 Å². The largest absolute Gasteiger partial charge is 1.00 e. The third kappa shape index (κ3) is 9.28. The molecule has 11 atom stereocenters. The Morgan fingerprint density at radius 1 is 0.897 bits per heavy atom. The van der Waals surface area contributed by atoms with Gasteiger partial charge in [-0.1, -0.05) is 62.4 Å². The van der Waals surface area contributed by atoms with E-state index in [1.165, 1.54) is 38.2 Å². The molecule has 0 spiro atoms. The quantitative estimate of drug-likeness (QED) is 0.0728. The number of hydrogen-bond donors (Lipinski definition) is 4. The number of carbonyl (C=O) groups is 6. The maximum absolute atomic E-state index is 15.2. The van der Waals surface area contributed by atoms with Gasteiger partial charge in [-0.25, -0.2) is 23.7 Å². The van der Waals surface area contributed by atoms with Gasteiger partial charge in [0.1, 0.15) is 54.3 Å². The fraction of sp³-hybridized carbons (Fsp3) is 0.500. The fourth-order valence-electron chi connectivity index (χ4n) is 10.6. The van der Waals surface area contributed by atoms with Gasteiger partial charge in [0.25, 0.3) is 0 Å². The number of hydrogen-bond acceptors (Lipinski definition) is 15. The summed E-state index contributed by atoms with van der Waals surface area (Å²) in [4.78, 5) is 85.1. The Balaban J connectivity index is 0.00000761. The lowest BCUT2D eigenvalue weighted by Gasteiger charge is -2.67. The Bertz CT molecular complexity index is 2480. The Morgan fingerprint density at radius 2 is 1.51 bits per heavy atom. The van der Waals surface area contributed by atoms with Crippen LogP contribution < -0.4 is 33.9 Å². The molecule has 18 heteroatoms. The molecule has 3 aromatic rings. The summed E-state index contributed by atoms with van der Waals surface area (Å²) >= 11 is 0. The smallest absolute Gasteiger partial charge is 0.408 e. The molecule has 3 aliphatic carbocycles. The summed E-state index contributed by atoms with van der Waals surface area (Å²) in [6, 6.07) is 17.6. The van der Waals surface area contributed by atoms with Crippen molar-refractivity contribution in [3.63, 3.8) is 0 Å². The molecule has 2 heterocycles. The van der Waals surface area contributed by atoms with E-state index in [4.69, 9.17) is 28.4 Å². The number of ether oxygens (including phenoxy) is 6. The molecule has 4 aliphatic rings. The zero-order valence-corrected chi connectivity index (χ0v) is 41.5. The number of nitrogens with one attached hydrogen (secondary N) is 1. The molecule has 366 valence electrons. The number of aliphatic hydroxyl groups is 3. The lowest BCUT2D eigenvalue weighted by molar-refractivity contribution is -0.671. The lowest BCUT2D eigenvalue weighted by atomic mass is 9.44. The number of Topliss-reactive ketones (excluding diaryl/α,β-unsaturated/α-hetero) is 1. The third-order valence-electron chi connectivity index (χ3n) is 14.0. The minimum atomic E-state index is -2.42. The first kappa shape index (κ1) is 52.1. The van der Waals surface area contributed by atoms with E-state index in [0.29, 0.717) is 5.56 Å². The van der Waals surface area contributed by atoms with E-state index in [1.807, 2.05) is 0 Å². The zero-order valence-electron chi connectivity index (χ0n) is 39.4. The minimum Gasteiger partial charge on any atom is -1.00 e. The molecule has 2 saturated carbocycles. The number of ketones is 1. The second-order valence-corrected chi connectivity index (χ2v) is 19.7. The van der Waals surface area contributed by atoms with Crippen molar-refractivity contribution in [1.29, 1.82) is 0 Å². The van der Waals surface area contributed by atoms with Crippen molar-refractivity contribution in [2.75, 3.05) is 6.61 Å². The normalized spacial score (nSPS) is 30.1. The highest BCUT2D eigenvalue weighted by molar-refractivity contribution is 5.94. The average Bonchev–Trinajstić information content (AvgIpc) is 3.25. The summed E-state index contributed by atoms with van der Waals surface area (Å²) in [5.74, 6) is -6.42. The van der Waals surface area contributed by atoms with E-state index in [1.54, 1.807) is 107 Å². The molecule has 2 bridgehead atoms. The molecule has 2 aromatic carbocycles. The van der Waals surface area contributed by atoms with Crippen molar-refractivity contribution in [3.05, 3.63) is 113 Å². The first-order valence-electron chi connectivity index (χ1n) is 22.2. The second kappa shape index (κ2) is 19.3. The topological polar surface area (TPSA) is 234 Å². The van der Waals surface area contributed by atoms with Gasteiger partial charge in [0.2, 0.25) is 6.10 Å². The standard InChI is InChI=1S/C50H58N2O15.HI/c1-27-32(63-44(59)38(64-43(58)31-21-16-22-52(9)25-31)36(29-17-12-10-13-18-29)51-45(60)67-46(3,4)5)24-50(61)41(65-42(57)30-19-14-11-15-20-30)39-48(8,40(56)37(55)35(27)47(50,6)7)33(54)23-34-49(39,26-62-34)66-28(2)53;/h10-22,25,32-34,36-39,41,54-55,61H,23-24,26H2,1-9H3;1H/t32-,33-,34+,36-,37+,38+,39?,41-,48+,49-,50+;/m0./s1. The lowest BCUT2D eigenvalue weighted by Crippen LogP contribution is -3.00. The number of amides is 1. The number of pyridine rings is 1. The molecule has 4 N–H and O–H groups in total. The van der Waals surface area contributed by atoms with Crippen molar-refractivity contribution in [1.82, 2.24) is 5.32 Å². The highest BCUT2D eigenvalue weighted by atomic mass is 127. The van der Waals surface area contributed by atoms with Gasteiger partial charge in [-0.2, -0.15) is 0 Å². The van der Waals surface area contributed by atoms with E-state index >= 15 is 9.59 Å². The number of carbonyl (C=O) groups excluding carboxylic acids is 6. The van der Waals surface area contributed by atoms with E-state index in [9.17, 15) is 34.5 Å². The molecular weight excluding hydrogens is 995 g/mol. The van der Waals surface area contributed by atoms with Crippen molar-refractivity contribution in [2.24, 2.45) is 23.8 Å². The van der Waals surface area contributed by atoms with Gasteiger partial charge in [-0.15, -0.1) is 0 Å². The molecule has 1 aromatic heterocycles. The van der Waals surface area contributed by atoms with Crippen LogP contribution in [0.1, 0.15) is 101 Å². The predicted molar refractivity (Wildman–Crippen MR) is 234 cm³/mol. The maximum atomic E-state index is 15.2. The molecule has 0 radical (unpaired) electrons. The maximum Gasteiger partial charge on any atom is 0.408 e. The Morgan fingerprint density at radius 3 is 2.09 bits per heavy atom. The minimum absolute atomic E-state index is 0.